The summed E-state index contributed by atoms with van der Waals surface area (Å²) in [6, 6.07) is 8.43. The highest BCUT2D eigenvalue weighted by Gasteiger charge is 2.24. The van der Waals surface area contributed by atoms with Crippen LogP contribution in [0.15, 0.2) is 29.2 Å². The van der Waals surface area contributed by atoms with E-state index in [4.69, 9.17) is 17.2 Å². The Bertz CT molecular complexity index is 901. The van der Waals surface area contributed by atoms with Gasteiger partial charge in [-0.05, 0) is 50.0 Å². The number of hydrogen-bond acceptors (Lipinski definition) is 5. The molecule has 0 unspecified atom stereocenters. The van der Waals surface area contributed by atoms with Gasteiger partial charge in [0, 0.05) is 24.0 Å². The lowest BCUT2D eigenvalue weighted by atomic mass is 10.1. The number of carbonyl (C=O) groups excluding carboxylic acids is 1. The Kier molecular flexibility index (Phi) is 4.48. The van der Waals surface area contributed by atoms with Gasteiger partial charge in [0.05, 0.1) is 10.4 Å². The molecule has 0 saturated carbocycles. The fraction of sp³-hybridized carbons (Fsp3) is 0.316. The zero-order valence-electron chi connectivity index (χ0n) is 14.0. The lowest BCUT2D eigenvalue weighted by molar-refractivity contribution is -0.115. The van der Waals surface area contributed by atoms with Crippen LogP contribution >= 0.6 is 24.0 Å². The maximum absolute atomic E-state index is 12.1. The number of aryl methyl sites for hydroxylation is 1. The minimum atomic E-state index is -0.122. The molecule has 1 amide bonds. The van der Waals surface area contributed by atoms with Crippen molar-refractivity contribution in [1.82, 2.24) is 10.3 Å². The number of rotatable bonds is 2. The molecule has 2 aliphatic rings. The molecule has 0 radical (unpaired) electrons. The Balaban J connectivity index is 1.85. The highest BCUT2D eigenvalue weighted by atomic mass is 32.2. The maximum Gasteiger partial charge on any atom is 0.263 e. The van der Waals surface area contributed by atoms with E-state index in [-0.39, 0.29) is 5.91 Å². The molecule has 0 atom stereocenters. The number of nitrogens with one attached hydrogen (secondary N) is 1. The Hall–Kier alpha value is -1.92. The van der Waals surface area contributed by atoms with Crippen molar-refractivity contribution in [2.45, 2.75) is 26.2 Å². The highest BCUT2D eigenvalue weighted by molar-refractivity contribution is 8.26. The molecule has 25 heavy (non-hydrogen) atoms. The van der Waals surface area contributed by atoms with E-state index in [2.05, 4.69) is 41.4 Å². The lowest BCUT2D eigenvalue weighted by Gasteiger charge is -2.29. The monoisotopic (exact) mass is 369 g/mol. The van der Waals surface area contributed by atoms with Crippen LogP contribution in [0.1, 0.15) is 30.4 Å². The van der Waals surface area contributed by atoms with Gasteiger partial charge in [0.15, 0.2) is 0 Å². The summed E-state index contributed by atoms with van der Waals surface area (Å²) in [4.78, 5) is 20.0. The van der Waals surface area contributed by atoms with Crippen LogP contribution in [0, 0.1) is 6.92 Å². The predicted molar refractivity (Wildman–Crippen MR) is 109 cm³/mol. The molecular formula is C19H19N3OS2. The van der Waals surface area contributed by atoms with Gasteiger partial charge in [-0.1, -0.05) is 36.1 Å². The molecule has 6 heteroatoms. The zero-order chi connectivity index (χ0) is 17.4. The summed E-state index contributed by atoms with van der Waals surface area (Å²) >= 11 is 6.42. The summed E-state index contributed by atoms with van der Waals surface area (Å²) in [6.07, 6.45) is 5.56. The van der Waals surface area contributed by atoms with Gasteiger partial charge in [0.2, 0.25) is 0 Å². The zero-order valence-corrected chi connectivity index (χ0v) is 15.7. The number of fused-ring (bicyclic) bond motifs is 1. The Morgan fingerprint density at radius 1 is 1.24 bits per heavy atom. The molecule has 0 bridgehead atoms. The molecule has 1 aromatic heterocycles. The predicted octanol–water partition coefficient (Wildman–Crippen LogP) is 4.02. The van der Waals surface area contributed by atoms with Crippen LogP contribution in [-0.2, 0) is 4.79 Å². The highest BCUT2D eigenvalue weighted by Crippen LogP contribution is 2.32. The van der Waals surface area contributed by atoms with Crippen LogP contribution in [0.4, 0.5) is 5.82 Å². The van der Waals surface area contributed by atoms with Crippen molar-refractivity contribution >= 4 is 57.0 Å². The fourth-order valence-electron chi connectivity index (χ4n) is 3.31. The van der Waals surface area contributed by atoms with Crippen molar-refractivity contribution in [2.24, 2.45) is 0 Å². The number of thioether (sulfide) groups is 1. The van der Waals surface area contributed by atoms with E-state index in [1.54, 1.807) is 0 Å². The number of nitrogens with zero attached hydrogens (tertiary/aromatic N) is 2. The van der Waals surface area contributed by atoms with E-state index in [1.807, 2.05) is 6.08 Å². The van der Waals surface area contributed by atoms with Gasteiger partial charge in [-0.2, -0.15) is 0 Å². The summed E-state index contributed by atoms with van der Waals surface area (Å²) < 4.78 is 0.514. The fourth-order valence-corrected chi connectivity index (χ4v) is 4.35. The smallest absolute Gasteiger partial charge is 0.263 e. The molecule has 1 aromatic carbocycles. The van der Waals surface area contributed by atoms with Gasteiger partial charge >= 0.3 is 0 Å². The molecule has 4 rings (SSSR count). The second-order valence-corrected chi connectivity index (χ2v) is 8.22. The molecule has 2 aromatic rings. The van der Waals surface area contributed by atoms with Crippen LogP contribution in [0.2, 0.25) is 0 Å². The largest absolute Gasteiger partial charge is 0.356 e. The van der Waals surface area contributed by atoms with Crippen LogP contribution in [-0.4, -0.2) is 28.3 Å². The van der Waals surface area contributed by atoms with Crippen LogP contribution in [0.3, 0.4) is 0 Å². The van der Waals surface area contributed by atoms with Crippen molar-refractivity contribution < 1.29 is 4.79 Å². The first-order valence-corrected chi connectivity index (χ1v) is 9.74. The number of amides is 1. The Labute approximate surface area is 156 Å². The SMILES string of the molecule is Cc1ccc2cc(C=C3SC(=S)NC3=O)c(N3CCCCC3)nc2c1. The van der Waals surface area contributed by atoms with Crippen LogP contribution in [0.5, 0.6) is 0 Å². The molecular weight excluding hydrogens is 350 g/mol. The first kappa shape index (κ1) is 16.5. The van der Waals surface area contributed by atoms with Gasteiger partial charge < -0.3 is 10.2 Å². The quantitative estimate of drug-likeness (QED) is 0.640. The molecule has 0 spiro atoms. The van der Waals surface area contributed by atoms with E-state index >= 15 is 0 Å². The van der Waals surface area contributed by atoms with E-state index in [0.717, 1.165) is 35.4 Å². The Morgan fingerprint density at radius 2 is 2.04 bits per heavy atom. The average molecular weight is 370 g/mol. The third-order valence-corrected chi connectivity index (χ3v) is 5.73. The van der Waals surface area contributed by atoms with Crippen LogP contribution < -0.4 is 10.2 Å². The van der Waals surface area contributed by atoms with E-state index in [0.29, 0.717) is 9.23 Å². The van der Waals surface area contributed by atoms with Gasteiger partial charge in [-0.25, -0.2) is 4.98 Å². The number of pyridine rings is 1. The number of aromatic nitrogens is 1. The van der Waals surface area contributed by atoms with Crippen molar-refractivity contribution in [3.8, 4) is 0 Å². The van der Waals surface area contributed by atoms with E-state index < -0.39 is 0 Å². The lowest BCUT2D eigenvalue weighted by Crippen LogP contribution is -2.30. The van der Waals surface area contributed by atoms with Crippen molar-refractivity contribution in [2.75, 3.05) is 18.0 Å². The van der Waals surface area contributed by atoms with Crippen LogP contribution in [0.25, 0.3) is 17.0 Å². The third-order valence-electron chi connectivity index (χ3n) is 4.57. The van der Waals surface area contributed by atoms with E-state index in [1.165, 1.54) is 36.6 Å². The number of thiocarbonyl (C=S) groups is 1. The Morgan fingerprint density at radius 3 is 2.76 bits per heavy atom. The second kappa shape index (κ2) is 6.77. The van der Waals surface area contributed by atoms with Crippen molar-refractivity contribution in [3.05, 3.63) is 40.3 Å². The molecule has 0 aliphatic carbocycles. The normalized spacial score (nSPS) is 19.7. The molecule has 2 saturated heterocycles. The van der Waals surface area contributed by atoms with Gasteiger partial charge in [-0.15, -0.1) is 0 Å². The maximum atomic E-state index is 12.1. The topological polar surface area (TPSA) is 45.2 Å². The first-order valence-electron chi connectivity index (χ1n) is 8.51. The number of carbonyl (C=O) groups is 1. The van der Waals surface area contributed by atoms with Crippen molar-refractivity contribution in [1.29, 1.82) is 0 Å². The molecule has 128 valence electrons. The summed E-state index contributed by atoms with van der Waals surface area (Å²) in [7, 11) is 0. The minimum Gasteiger partial charge on any atom is -0.356 e. The molecule has 2 aliphatic heterocycles. The van der Waals surface area contributed by atoms with Gasteiger partial charge in [0.25, 0.3) is 5.91 Å². The molecule has 3 heterocycles. The third kappa shape index (κ3) is 3.41. The van der Waals surface area contributed by atoms with Gasteiger partial charge in [0.1, 0.15) is 10.1 Å². The summed E-state index contributed by atoms with van der Waals surface area (Å²) in [5.41, 5.74) is 3.19. The number of hydrogen-bond donors (Lipinski definition) is 1. The van der Waals surface area contributed by atoms with Crippen molar-refractivity contribution in [3.63, 3.8) is 0 Å². The summed E-state index contributed by atoms with van der Waals surface area (Å²) in [5, 5.41) is 3.77. The minimum absolute atomic E-state index is 0.122. The molecule has 2 fully saturated rings. The summed E-state index contributed by atoms with van der Waals surface area (Å²) in [5.74, 6) is 0.847. The second-order valence-electron chi connectivity index (χ2n) is 6.50. The summed E-state index contributed by atoms with van der Waals surface area (Å²) in [6.45, 7) is 4.11. The molecule has 4 nitrogen and oxygen atoms in total. The van der Waals surface area contributed by atoms with Gasteiger partial charge in [-0.3, -0.25) is 4.79 Å². The van der Waals surface area contributed by atoms with E-state index in [9.17, 15) is 4.79 Å². The average Bonchev–Trinajstić information content (AvgIpc) is 2.92. The number of benzene rings is 1. The standard InChI is InChI=1S/C19H19N3OS2/c1-12-5-6-13-10-14(11-16-18(23)21-19(24)25-16)17(20-15(13)9-12)22-7-3-2-4-8-22/h5-6,9-11H,2-4,7-8H2,1H3,(H,21,23,24). The first-order chi connectivity index (χ1) is 12.1. The number of piperidine rings is 1. The molecule has 1 N–H and O–H groups in total. The number of anilines is 1.